The van der Waals surface area contributed by atoms with Crippen LogP contribution < -0.4 is 5.56 Å². The van der Waals surface area contributed by atoms with E-state index in [1.165, 1.54) is 27.7 Å². The lowest BCUT2D eigenvalue weighted by atomic mass is 10.1. The van der Waals surface area contributed by atoms with Crippen LogP contribution in [0.25, 0.3) is 27.9 Å². The Hall–Kier alpha value is -4.07. The highest BCUT2D eigenvalue weighted by molar-refractivity contribution is 7.99. The molecule has 10 heteroatoms. The molecule has 5 aromatic rings. The Kier molecular flexibility index (Phi) is 6.27. The van der Waals surface area contributed by atoms with Gasteiger partial charge < -0.3 is 0 Å². The average Bonchev–Trinajstić information content (AvgIpc) is 3.54. The quantitative estimate of drug-likeness (QED) is 0.232. The molecule has 0 radical (unpaired) electrons. The fourth-order valence-electron chi connectivity index (χ4n) is 3.77. The van der Waals surface area contributed by atoms with Crippen molar-refractivity contribution in [3.05, 3.63) is 88.0 Å². The number of nitriles is 1. The van der Waals surface area contributed by atoms with Crippen LogP contribution in [0.3, 0.4) is 0 Å². The summed E-state index contributed by atoms with van der Waals surface area (Å²) in [4.78, 5) is 30.5. The van der Waals surface area contributed by atoms with Gasteiger partial charge in [0, 0.05) is 17.5 Å². The zero-order valence-corrected chi connectivity index (χ0v) is 20.0. The number of thioether (sulfide) groups is 1. The maximum absolute atomic E-state index is 13.0. The summed E-state index contributed by atoms with van der Waals surface area (Å²) >= 11 is 2.48. The van der Waals surface area contributed by atoms with Gasteiger partial charge in [0.25, 0.3) is 5.56 Å². The predicted octanol–water partition coefficient (Wildman–Crippen LogP) is 4.32. The van der Waals surface area contributed by atoms with Crippen molar-refractivity contribution >= 4 is 45.6 Å². The smallest absolute Gasteiger partial charge is 0.263 e. The lowest BCUT2D eigenvalue weighted by Gasteiger charge is -2.09. The third-order valence-corrected chi connectivity index (χ3v) is 7.28. The maximum Gasteiger partial charge on any atom is 0.263 e. The lowest BCUT2D eigenvalue weighted by molar-refractivity contribution is -0.116. The number of fused-ring (bicyclic) bond motifs is 3. The molecule has 0 N–H and O–H groups in total. The molecular formula is C25H18N6O2S2. The first kappa shape index (κ1) is 22.7. The van der Waals surface area contributed by atoms with Gasteiger partial charge in [0.2, 0.25) is 5.78 Å². The third kappa shape index (κ3) is 4.16. The predicted molar refractivity (Wildman–Crippen MR) is 137 cm³/mol. The average molecular weight is 499 g/mol. The van der Waals surface area contributed by atoms with Gasteiger partial charge in [-0.05, 0) is 12.1 Å². The fraction of sp³-hybridized carbons (Fsp3) is 0.120. The summed E-state index contributed by atoms with van der Waals surface area (Å²) in [5, 5.41) is 21.5. The van der Waals surface area contributed by atoms with Gasteiger partial charge >= 0.3 is 0 Å². The highest BCUT2D eigenvalue weighted by Crippen LogP contribution is 2.29. The fourth-order valence-corrected chi connectivity index (χ4v) is 5.50. The Labute approximate surface area is 208 Å². The number of allylic oxidation sites excluding steroid dienone is 1. The Morgan fingerprint density at radius 3 is 2.71 bits per heavy atom. The molecule has 5 rings (SSSR count). The van der Waals surface area contributed by atoms with E-state index in [1.807, 2.05) is 47.8 Å². The number of thiazole rings is 1. The third-order valence-electron chi connectivity index (χ3n) is 5.42. The first-order chi connectivity index (χ1) is 17.1. The molecule has 0 bridgehead atoms. The van der Waals surface area contributed by atoms with E-state index in [0.717, 1.165) is 11.3 Å². The zero-order chi connectivity index (χ0) is 24.4. The normalized spacial score (nSPS) is 12.0. The molecule has 3 heterocycles. The Morgan fingerprint density at radius 1 is 1.17 bits per heavy atom. The summed E-state index contributed by atoms with van der Waals surface area (Å²) in [6.07, 6.45) is 1.62. The van der Waals surface area contributed by atoms with Crippen molar-refractivity contribution in [1.82, 2.24) is 24.1 Å². The van der Waals surface area contributed by atoms with Crippen LogP contribution in [0.2, 0.25) is 0 Å². The first-order valence-corrected chi connectivity index (χ1v) is 12.5. The molecule has 8 nitrogen and oxygen atoms in total. The van der Waals surface area contributed by atoms with E-state index in [1.54, 1.807) is 22.6 Å². The van der Waals surface area contributed by atoms with Crippen LogP contribution in [-0.2, 0) is 11.3 Å². The van der Waals surface area contributed by atoms with Gasteiger partial charge in [0.1, 0.15) is 5.01 Å². The van der Waals surface area contributed by atoms with Crippen molar-refractivity contribution in [2.45, 2.75) is 17.6 Å². The summed E-state index contributed by atoms with van der Waals surface area (Å²) in [5.41, 5.74) is 2.13. The van der Waals surface area contributed by atoms with E-state index >= 15 is 0 Å². The van der Waals surface area contributed by atoms with Crippen molar-refractivity contribution in [2.24, 2.45) is 0 Å². The number of Topliss-reactive ketones (excluding diaryl/α,β-unsaturated/α-hetero) is 1. The number of hydrogen-bond donors (Lipinski definition) is 0. The number of carbonyl (C=O) groups is 1. The molecule has 172 valence electrons. The van der Waals surface area contributed by atoms with Gasteiger partial charge in [-0.3, -0.25) is 18.6 Å². The zero-order valence-electron chi connectivity index (χ0n) is 18.4. The number of aromatic nitrogens is 5. The maximum atomic E-state index is 13.0. The SMILES string of the molecule is C=CCn1c(=O)c2ccccc2n2c(SCC(=O)C(C#N)c3nc(-c4ccccc4)cs3)nnc12. The molecule has 3 aromatic heterocycles. The number of carbonyl (C=O) groups excluding carboxylic acids is 1. The summed E-state index contributed by atoms with van der Waals surface area (Å²) in [5.74, 6) is -0.867. The standard InChI is InChI=1S/C25H18N6O2S2/c1-2-12-30-23(33)17-10-6-7-11-20(17)31-24(30)28-29-25(31)35-15-21(32)18(13-26)22-27-19(14-34-22)16-8-4-3-5-9-16/h2-11,14,18H,1,12,15H2. The van der Waals surface area contributed by atoms with Crippen LogP contribution in [0.5, 0.6) is 0 Å². The molecule has 0 saturated heterocycles. The van der Waals surface area contributed by atoms with Gasteiger partial charge in [0.15, 0.2) is 16.9 Å². The number of nitrogens with zero attached hydrogens (tertiary/aromatic N) is 6. The Bertz CT molecular complexity index is 1660. The highest BCUT2D eigenvalue weighted by atomic mass is 32.2. The highest BCUT2D eigenvalue weighted by Gasteiger charge is 2.25. The summed E-state index contributed by atoms with van der Waals surface area (Å²) in [7, 11) is 0. The van der Waals surface area contributed by atoms with Gasteiger partial charge in [-0.25, -0.2) is 4.98 Å². The van der Waals surface area contributed by atoms with Crippen LogP contribution >= 0.6 is 23.1 Å². The first-order valence-electron chi connectivity index (χ1n) is 10.7. The van der Waals surface area contributed by atoms with E-state index in [0.29, 0.717) is 26.8 Å². The molecule has 1 atom stereocenters. The van der Waals surface area contributed by atoms with Crippen LogP contribution in [0, 0.1) is 11.3 Å². The van der Waals surface area contributed by atoms with Crippen LogP contribution in [0.1, 0.15) is 10.9 Å². The Morgan fingerprint density at radius 2 is 1.94 bits per heavy atom. The number of rotatable bonds is 8. The molecule has 35 heavy (non-hydrogen) atoms. The van der Waals surface area contributed by atoms with Crippen LogP contribution in [0.4, 0.5) is 0 Å². The van der Waals surface area contributed by atoms with Gasteiger partial charge in [-0.1, -0.05) is 60.3 Å². The second-order valence-corrected chi connectivity index (χ2v) is 9.43. The molecule has 0 amide bonds. The molecule has 0 aliphatic rings. The second kappa shape index (κ2) is 9.66. The topological polar surface area (TPSA) is 106 Å². The number of para-hydroxylation sites is 1. The second-order valence-electron chi connectivity index (χ2n) is 7.59. The summed E-state index contributed by atoms with van der Waals surface area (Å²) in [6.45, 7) is 4.00. The molecule has 1 unspecified atom stereocenters. The largest absolute Gasteiger partial charge is 0.297 e. The molecule has 0 fully saturated rings. The van der Waals surface area contributed by atoms with E-state index in [-0.39, 0.29) is 23.6 Å². The molecule has 0 aliphatic carbocycles. The van der Waals surface area contributed by atoms with Crippen molar-refractivity contribution in [1.29, 1.82) is 5.26 Å². The molecule has 0 spiro atoms. The molecule has 2 aromatic carbocycles. The van der Waals surface area contributed by atoms with E-state index < -0.39 is 5.92 Å². The van der Waals surface area contributed by atoms with Crippen molar-refractivity contribution in [2.75, 3.05) is 5.75 Å². The van der Waals surface area contributed by atoms with Gasteiger partial charge in [0.05, 0.1) is 28.4 Å². The van der Waals surface area contributed by atoms with Gasteiger partial charge in [-0.2, -0.15) is 5.26 Å². The van der Waals surface area contributed by atoms with Crippen molar-refractivity contribution in [3.63, 3.8) is 0 Å². The molecular weight excluding hydrogens is 480 g/mol. The van der Waals surface area contributed by atoms with Gasteiger partial charge in [-0.15, -0.1) is 28.1 Å². The number of benzene rings is 2. The van der Waals surface area contributed by atoms with E-state index in [4.69, 9.17) is 0 Å². The van der Waals surface area contributed by atoms with E-state index in [9.17, 15) is 14.9 Å². The number of hydrogen-bond acceptors (Lipinski definition) is 8. The van der Waals surface area contributed by atoms with E-state index in [2.05, 4.69) is 27.8 Å². The minimum Gasteiger partial charge on any atom is -0.297 e. The summed E-state index contributed by atoms with van der Waals surface area (Å²) < 4.78 is 3.25. The minimum atomic E-state index is -0.972. The summed E-state index contributed by atoms with van der Waals surface area (Å²) in [6, 6.07) is 18.9. The number of ketones is 1. The van der Waals surface area contributed by atoms with Crippen LogP contribution in [0.15, 0.2) is 82.6 Å². The van der Waals surface area contributed by atoms with Crippen LogP contribution in [-0.4, -0.2) is 35.7 Å². The molecule has 0 aliphatic heterocycles. The molecule has 0 saturated carbocycles. The van der Waals surface area contributed by atoms with Crippen molar-refractivity contribution in [3.8, 4) is 17.3 Å². The lowest BCUT2D eigenvalue weighted by Crippen LogP contribution is -2.22. The minimum absolute atomic E-state index is 0.00812. The Balaban J connectivity index is 1.44. The monoisotopic (exact) mass is 498 g/mol. The van der Waals surface area contributed by atoms with Crippen molar-refractivity contribution < 1.29 is 4.79 Å².